The van der Waals surface area contributed by atoms with Crippen molar-refractivity contribution in [3.05, 3.63) is 59.7 Å². The minimum atomic E-state index is -3.59. The number of nitriles is 1. The molecule has 3 rings (SSSR count). The average molecular weight is 427 g/mol. The molecule has 0 saturated carbocycles. The first kappa shape index (κ1) is 21.3. The average Bonchev–Trinajstić information content (AvgIpc) is 3.03. The summed E-state index contributed by atoms with van der Waals surface area (Å²) in [7, 11) is -2.40. The second kappa shape index (κ2) is 8.55. The third-order valence-corrected chi connectivity index (χ3v) is 5.82. The number of likely N-dealkylation sites (N-methyl/N-ethyl adjacent to an activating group) is 1. The number of hydrogen-bond acceptors (Lipinski definition) is 6. The summed E-state index contributed by atoms with van der Waals surface area (Å²) in [6.07, 6.45) is 1.62. The lowest BCUT2D eigenvalue weighted by atomic mass is 9.98. The first-order valence-electron chi connectivity index (χ1n) is 9.18. The number of ether oxygens (including phenoxy) is 1. The lowest BCUT2D eigenvalue weighted by molar-refractivity contribution is -0.128. The van der Waals surface area contributed by atoms with Crippen molar-refractivity contribution in [2.24, 2.45) is 0 Å². The normalized spacial score (nSPS) is 13.5. The van der Waals surface area contributed by atoms with Gasteiger partial charge in [0.15, 0.2) is 6.19 Å². The lowest BCUT2D eigenvalue weighted by Gasteiger charge is -2.20. The van der Waals surface area contributed by atoms with Gasteiger partial charge >= 0.3 is 6.09 Å². The van der Waals surface area contributed by atoms with E-state index in [1.165, 1.54) is 7.05 Å². The van der Waals surface area contributed by atoms with Gasteiger partial charge in [0.25, 0.3) is 5.91 Å². The van der Waals surface area contributed by atoms with Gasteiger partial charge in [0, 0.05) is 19.2 Å². The van der Waals surface area contributed by atoms with Gasteiger partial charge in [-0.1, -0.05) is 48.5 Å². The quantitative estimate of drug-likeness (QED) is 0.556. The van der Waals surface area contributed by atoms with Gasteiger partial charge < -0.3 is 10.1 Å². The summed E-state index contributed by atoms with van der Waals surface area (Å²) in [6.45, 7) is 0.0216. The number of fused-ring (bicyclic) bond motifs is 3. The largest absolute Gasteiger partial charge is 0.449 e. The van der Waals surface area contributed by atoms with Crippen LogP contribution in [-0.4, -0.2) is 57.0 Å². The fraction of sp³-hybridized carbons (Fsp3) is 0.286. The zero-order valence-electron chi connectivity index (χ0n) is 16.5. The van der Waals surface area contributed by atoms with Crippen molar-refractivity contribution >= 4 is 21.8 Å². The van der Waals surface area contributed by atoms with E-state index in [0.717, 1.165) is 28.5 Å². The molecular weight excluding hydrogens is 406 g/mol. The van der Waals surface area contributed by atoms with E-state index in [0.29, 0.717) is 4.90 Å². The van der Waals surface area contributed by atoms with Crippen LogP contribution in [-0.2, 0) is 19.4 Å². The first-order chi connectivity index (χ1) is 14.2. The maximum atomic E-state index is 12.4. The highest BCUT2D eigenvalue weighted by atomic mass is 32.2. The number of sulfone groups is 1. The number of nitrogens with zero attached hydrogens (tertiary/aromatic N) is 2. The number of carbonyl (C=O) groups is 2. The van der Waals surface area contributed by atoms with Gasteiger partial charge in [-0.3, -0.25) is 9.69 Å². The van der Waals surface area contributed by atoms with Crippen molar-refractivity contribution in [1.82, 2.24) is 10.2 Å². The zero-order valence-corrected chi connectivity index (χ0v) is 17.3. The molecule has 8 nitrogen and oxygen atoms in total. The molecule has 0 fully saturated rings. The molecule has 0 aromatic heterocycles. The van der Waals surface area contributed by atoms with Gasteiger partial charge in [0.2, 0.25) is 0 Å². The highest BCUT2D eigenvalue weighted by molar-refractivity contribution is 7.90. The maximum Gasteiger partial charge on any atom is 0.407 e. The molecular formula is C21H21N3O5S. The van der Waals surface area contributed by atoms with E-state index in [1.54, 1.807) is 6.19 Å². The van der Waals surface area contributed by atoms with E-state index in [9.17, 15) is 18.0 Å². The minimum Gasteiger partial charge on any atom is -0.449 e. The predicted molar refractivity (Wildman–Crippen MR) is 110 cm³/mol. The zero-order chi connectivity index (χ0) is 21.9. The van der Waals surface area contributed by atoms with Crippen LogP contribution in [0.3, 0.4) is 0 Å². The summed E-state index contributed by atoms with van der Waals surface area (Å²) in [5.74, 6) is -1.65. The first-order valence-corrected chi connectivity index (χ1v) is 11.2. The Labute approximate surface area is 175 Å². The van der Waals surface area contributed by atoms with Crippen LogP contribution in [0.1, 0.15) is 17.0 Å². The molecule has 1 aliphatic rings. The topological polar surface area (TPSA) is 117 Å². The van der Waals surface area contributed by atoms with Crippen LogP contribution in [0.5, 0.6) is 0 Å². The molecule has 0 heterocycles. The molecule has 2 aromatic carbocycles. The summed E-state index contributed by atoms with van der Waals surface area (Å²) >= 11 is 0. The Morgan fingerprint density at radius 2 is 1.67 bits per heavy atom. The fourth-order valence-corrected chi connectivity index (χ4v) is 4.37. The molecule has 1 aliphatic carbocycles. The molecule has 30 heavy (non-hydrogen) atoms. The van der Waals surface area contributed by atoms with Gasteiger partial charge in [-0.2, -0.15) is 5.26 Å². The monoisotopic (exact) mass is 427 g/mol. The number of benzene rings is 2. The van der Waals surface area contributed by atoms with Crippen molar-refractivity contribution in [3.8, 4) is 17.3 Å². The summed E-state index contributed by atoms with van der Waals surface area (Å²) in [4.78, 5) is 25.3. The van der Waals surface area contributed by atoms with Crippen molar-refractivity contribution in [2.75, 3.05) is 25.7 Å². The Morgan fingerprint density at radius 3 is 2.17 bits per heavy atom. The maximum absolute atomic E-state index is 12.4. The summed E-state index contributed by atoms with van der Waals surface area (Å²) in [5, 5.41) is 11.2. The van der Waals surface area contributed by atoms with E-state index in [-0.39, 0.29) is 12.5 Å². The predicted octanol–water partition coefficient (Wildman–Crippen LogP) is 1.88. The molecule has 2 aromatic rings. The third kappa shape index (κ3) is 4.60. The molecule has 0 saturated heterocycles. The van der Waals surface area contributed by atoms with Crippen molar-refractivity contribution in [1.29, 1.82) is 5.26 Å². The second-order valence-electron chi connectivity index (χ2n) is 7.11. The van der Waals surface area contributed by atoms with E-state index >= 15 is 0 Å². The van der Waals surface area contributed by atoms with Gasteiger partial charge in [-0.05, 0) is 22.3 Å². The standard InChI is InChI=1S/C21H21N3O5S/c1-24(13-22)20(25)19(12-30(2,27)28)23-21(26)29-11-18-16-9-5-3-7-14(16)15-8-4-6-10-17(15)18/h3-10,18-19H,11-12H2,1-2H3,(H,23,26). The van der Waals surface area contributed by atoms with Crippen molar-refractivity contribution < 1.29 is 22.7 Å². The van der Waals surface area contributed by atoms with Crippen LogP contribution in [0.15, 0.2) is 48.5 Å². The minimum absolute atomic E-state index is 0.0216. The molecule has 156 valence electrons. The Hall–Kier alpha value is -3.38. The molecule has 0 bridgehead atoms. The van der Waals surface area contributed by atoms with Crippen LogP contribution >= 0.6 is 0 Å². The third-order valence-electron chi connectivity index (χ3n) is 4.88. The number of alkyl carbamates (subject to hydrolysis) is 1. The van der Waals surface area contributed by atoms with Gasteiger partial charge in [-0.15, -0.1) is 0 Å². The molecule has 1 unspecified atom stereocenters. The Balaban J connectivity index is 1.73. The van der Waals surface area contributed by atoms with Crippen molar-refractivity contribution in [3.63, 3.8) is 0 Å². The van der Waals surface area contributed by atoms with E-state index in [4.69, 9.17) is 10.00 Å². The number of nitrogens with one attached hydrogen (secondary N) is 1. The molecule has 1 atom stereocenters. The SMILES string of the molecule is CN(C#N)C(=O)C(CS(C)(=O)=O)NC(=O)OCC1c2ccccc2-c2ccccc21. The lowest BCUT2D eigenvalue weighted by Crippen LogP contribution is -2.50. The van der Waals surface area contributed by atoms with Gasteiger partial charge in [-0.25, -0.2) is 13.2 Å². The molecule has 0 aliphatic heterocycles. The second-order valence-corrected chi connectivity index (χ2v) is 9.30. The van der Waals surface area contributed by atoms with E-state index in [1.807, 2.05) is 48.5 Å². The molecule has 0 spiro atoms. The molecule has 9 heteroatoms. The molecule has 2 amide bonds. The Morgan fingerprint density at radius 1 is 1.13 bits per heavy atom. The fourth-order valence-electron chi connectivity index (χ4n) is 3.54. The van der Waals surface area contributed by atoms with Crippen molar-refractivity contribution in [2.45, 2.75) is 12.0 Å². The van der Waals surface area contributed by atoms with Crippen LogP contribution < -0.4 is 5.32 Å². The molecule has 1 N–H and O–H groups in total. The highest BCUT2D eigenvalue weighted by Crippen LogP contribution is 2.44. The summed E-state index contributed by atoms with van der Waals surface area (Å²) in [6, 6.07) is 14.3. The Bertz CT molecular complexity index is 1080. The number of hydrogen-bond donors (Lipinski definition) is 1. The number of amides is 2. The summed E-state index contributed by atoms with van der Waals surface area (Å²) in [5.41, 5.74) is 4.20. The van der Waals surface area contributed by atoms with Gasteiger partial charge in [0.05, 0.1) is 5.75 Å². The van der Waals surface area contributed by atoms with Crippen LogP contribution in [0.4, 0.5) is 4.79 Å². The number of rotatable bonds is 6. The van der Waals surface area contributed by atoms with Crippen LogP contribution in [0.25, 0.3) is 11.1 Å². The van der Waals surface area contributed by atoms with E-state index < -0.39 is 33.6 Å². The molecule has 0 radical (unpaired) electrons. The summed E-state index contributed by atoms with van der Waals surface area (Å²) < 4.78 is 28.6. The van der Waals surface area contributed by atoms with Gasteiger partial charge in [0.1, 0.15) is 22.5 Å². The van der Waals surface area contributed by atoms with E-state index in [2.05, 4.69) is 5.32 Å². The smallest absolute Gasteiger partial charge is 0.407 e. The van der Waals surface area contributed by atoms with Crippen LogP contribution in [0.2, 0.25) is 0 Å². The number of carbonyl (C=O) groups excluding carboxylic acids is 2. The Kier molecular flexibility index (Phi) is 6.08. The van der Waals surface area contributed by atoms with Crippen LogP contribution in [0, 0.1) is 11.5 Å². The highest BCUT2D eigenvalue weighted by Gasteiger charge is 2.31.